The molecule has 1 aliphatic carbocycles. The number of fused-ring (bicyclic) bond motifs is 1. The third kappa shape index (κ3) is 22.5. The molecular formula is C70H86ClFN12O17S3. The largest absolute Gasteiger partial charge is 0.455 e. The zero-order chi connectivity index (χ0) is 74.9. The van der Waals surface area contributed by atoms with E-state index in [-0.39, 0.29) is 38.9 Å². The van der Waals surface area contributed by atoms with Crippen LogP contribution in [0.4, 0.5) is 32.8 Å². The van der Waals surface area contributed by atoms with Gasteiger partial charge in [-0.2, -0.15) is 4.39 Å². The van der Waals surface area contributed by atoms with Crippen LogP contribution in [0, 0.1) is 59.3 Å². The number of sulfonamides is 3. The van der Waals surface area contributed by atoms with E-state index in [1.54, 1.807) is 30.5 Å². The molecule has 5 aliphatic rings. The van der Waals surface area contributed by atoms with E-state index >= 15 is 0 Å². The van der Waals surface area contributed by atoms with Gasteiger partial charge in [0, 0.05) is 131 Å². The molecule has 12 rings (SSSR count). The van der Waals surface area contributed by atoms with E-state index in [9.17, 15) is 64.8 Å². The lowest BCUT2D eigenvalue weighted by molar-refractivity contribution is -0.387. The van der Waals surface area contributed by atoms with E-state index in [1.807, 2.05) is 18.2 Å². The number of primary sulfonamides is 2. The van der Waals surface area contributed by atoms with Crippen LogP contribution in [0.3, 0.4) is 0 Å². The monoisotopic (exact) mass is 1520 g/mol. The summed E-state index contributed by atoms with van der Waals surface area (Å²) in [4.78, 5) is 56.1. The molecule has 0 bridgehead atoms. The summed E-state index contributed by atoms with van der Waals surface area (Å²) in [7, 11) is -12.5. The Morgan fingerprint density at radius 3 is 1.88 bits per heavy atom. The van der Waals surface area contributed by atoms with Crippen LogP contribution >= 0.6 is 11.6 Å². The van der Waals surface area contributed by atoms with E-state index in [0.717, 1.165) is 170 Å². The van der Waals surface area contributed by atoms with Crippen LogP contribution in [0.5, 0.6) is 11.5 Å². The van der Waals surface area contributed by atoms with Crippen LogP contribution in [0.1, 0.15) is 99.5 Å². The van der Waals surface area contributed by atoms with Crippen molar-refractivity contribution in [2.24, 2.45) is 39.2 Å². The second-order valence-electron chi connectivity index (χ2n) is 26.8. The number of piperazine rings is 1. The highest BCUT2D eigenvalue weighted by Crippen LogP contribution is 2.44. The minimum absolute atomic E-state index is 0.0359. The normalized spacial score (nSPS) is 17.1. The van der Waals surface area contributed by atoms with E-state index in [2.05, 4.69) is 55.8 Å². The predicted molar refractivity (Wildman–Crippen MR) is 390 cm³/mol. The first-order valence-electron chi connectivity index (χ1n) is 33.9. The number of carbonyl (C=O) groups excluding carboxylic acids is 1. The molecule has 4 saturated heterocycles. The van der Waals surface area contributed by atoms with Crippen molar-refractivity contribution in [3.8, 4) is 11.5 Å². The standard InChI is InChI=1S/C45H50ClN7O7S.C13H18N2O5S.C6H5FN2O4S.C6H13NO/c1-45(2)15-11-33(39(26-45)31-3-5-34(46)6-4-31)29-51-17-19-52(20-18-51)35-7-9-38(42(24-35)60-36-23-32-12-16-47-43(32)49-28-36)44(54)50-61(57,58)37-8-10-40(41(25-37)53(55)56)48-27-30-13-21-59-22-14-30;14-21(18,19)12-4-3-11(13(9-12)15(16)17)2-1-10-5-7-20-8-6-10;7-5-2-1-4(14(8,12)13)3-6(5)9(10)11;7-5-6-1-3-8-4-2-6/h3-10,12,16,23-25,28,30,48H,11,13-15,17-22,26-27,29H2,1-2H3,(H,47,49)(H,50,54);3-4,9-10H,1-2,5-8H2,(H2,14,18,19);1-3H,(H2,8,12,13);6H,1-5,7H2. The molecule has 34 heteroatoms. The first-order valence-corrected chi connectivity index (χ1v) is 38.9. The number of hydrogen-bond acceptors (Lipinski definition) is 22. The lowest BCUT2D eigenvalue weighted by Crippen LogP contribution is -2.47. The Balaban J connectivity index is 0.000000234. The Morgan fingerprint density at radius 2 is 1.29 bits per heavy atom. The molecule has 7 aromatic rings. The van der Waals surface area contributed by atoms with Crippen LogP contribution in [0.15, 0.2) is 142 Å². The summed E-state index contributed by atoms with van der Waals surface area (Å²) >= 11 is 6.24. The van der Waals surface area contributed by atoms with Crippen molar-refractivity contribution < 1.29 is 68.2 Å². The van der Waals surface area contributed by atoms with Gasteiger partial charge in [0.1, 0.15) is 22.8 Å². The fraction of sp³-hybridized carbons (Fsp3) is 0.429. The van der Waals surface area contributed by atoms with Crippen molar-refractivity contribution in [2.45, 2.75) is 99.2 Å². The van der Waals surface area contributed by atoms with E-state index in [4.69, 9.17) is 46.6 Å². The third-order valence-electron chi connectivity index (χ3n) is 18.8. The number of halogens is 2. The van der Waals surface area contributed by atoms with Gasteiger partial charge in [0.2, 0.25) is 25.9 Å². The number of anilines is 2. The number of aromatic nitrogens is 2. The molecule has 4 fully saturated rings. The lowest BCUT2D eigenvalue weighted by atomic mass is 9.72. The molecule has 2 aromatic heterocycles. The second-order valence-corrected chi connectivity index (χ2v) is 32.0. The highest BCUT2D eigenvalue weighted by atomic mass is 35.5. The maximum absolute atomic E-state index is 13.9. The summed E-state index contributed by atoms with van der Waals surface area (Å²) in [6.45, 7) is 14.5. The highest BCUT2D eigenvalue weighted by Gasteiger charge is 2.32. The van der Waals surface area contributed by atoms with Crippen molar-refractivity contribution in [3.05, 3.63) is 185 Å². The van der Waals surface area contributed by atoms with Crippen LogP contribution in [-0.4, -0.2) is 146 Å². The number of H-pyrrole nitrogens is 1. The van der Waals surface area contributed by atoms with Crippen molar-refractivity contribution in [3.63, 3.8) is 0 Å². The summed E-state index contributed by atoms with van der Waals surface area (Å²) in [5.41, 5.74) is 10.4. The van der Waals surface area contributed by atoms with Crippen LogP contribution in [0.2, 0.25) is 5.02 Å². The van der Waals surface area contributed by atoms with Crippen LogP contribution in [0.25, 0.3) is 16.6 Å². The van der Waals surface area contributed by atoms with Gasteiger partial charge in [-0.25, -0.2) is 45.2 Å². The summed E-state index contributed by atoms with van der Waals surface area (Å²) in [5.74, 6) is -0.0678. The first kappa shape index (κ1) is 79.5. The topological polar surface area (TPSA) is 423 Å². The fourth-order valence-electron chi connectivity index (χ4n) is 12.7. The zero-order valence-electron chi connectivity index (χ0n) is 57.6. The average Bonchev–Trinajstić information content (AvgIpc) is 1.67. The molecule has 9 N–H and O–H groups in total. The van der Waals surface area contributed by atoms with Crippen LogP contribution in [-0.2, 0) is 50.7 Å². The molecule has 1 amide bonds. The average molecular weight is 1520 g/mol. The van der Waals surface area contributed by atoms with E-state index in [0.29, 0.717) is 61.2 Å². The van der Waals surface area contributed by atoms with Gasteiger partial charge >= 0.3 is 5.69 Å². The number of nitro benzene ring substituents is 3. The Hall–Kier alpha value is -8.61. The number of nitrogens with two attached hydrogens (primary N) is 3. The van der Waals surface area contributed by atoms with Gasteiger partial charge in [0.15, 0.2) is 0 Å². The smallest absolute Gasteiger partial charge is 0.306 e. The molecule has 6 heterocycles. The minimum Gasteiger partial charge on any atom is -0.455 e. The van der Waals surface area contributed by atoms with Crippen molar-refractivity contribution in [2.75, 3.05) is 95.7 Å². The molecule has 104 heavy (non-hydrogen) atoms. The number of nitrogens with one attached hydrogen (secondary N) is 3. The van der Waals surface area contributed by atoms with Gasteiger partial charge in [-0.05, 0) is 178 Å². The minimum atomic E-state index is -4.55. The molecular weight excluding hydrogens is 1430 g/mol. The molecule has 0 spiro atoms. The van der Waals surface area contributed by atoms with Crippen LogP contribution < -0.4 is 35.7 Å². The van der Waals surface area contributed by atoms with Gasteiger partial charge in [-0.1, -0.05) is 49.2 Å². The maximum atomic E-state index is 13.9. The Bertz CT molecular complexity index is 4580. The molecule has 5 aromatic carbocycles. The predicted octanol–water partition coefficient (Wildman–Crippen LogP) is 11.0. The van der Waals surface area contributed by atoms with Crippen molar-refractivity contribution in [1.29, 1.82) is 0 Å². The van der Waals surface area contributed by atoms with Gasteiger partial charge in [-0.3, -0.25) is 40.0 Å². The quantitative estimate of drug-likeness (QED) is 0.0287. The molecule has 0 radical (unpaired) electrons. The number of nitro groups is 3. The Kier molecular flexibility index (Phi) is 27.5. The maximum Gasteiger partial charge on any atom is 0.306 e. The van der Waals surface area contributed by atoms with Gasteiger partial charge in [-0.15, -0.1) is 0 Å². The zero-order valence-corrected chi connectivity index (χ0v) is 60.8. The number of ether oxygens (including phenoxy) is 4. The number of aryl methyl sites for hydroxylation is 1. The second kappa shape index (κ2) is 35.9. The molecule has 560 valence electrons. The molecule has 29 nitrogen and oxygen atoms in total. The molecule has 0 unspecified atom stereocenters. The molecule has 0 atom stereocenters. The van der Waals surface area contributed by atoms with Crippen molar-refractivity contribution in [1.82, 2.24) is 19.6 Å². The molecule has 4 aliphatic heterocycles. The number of carbonyl (C=O) groups is 1. The van der Waals surface area contributed by atoms with E-state index in [1.165, 1.54) is 47.2 Å². The van der Waals surface area contributed by atoms with Gasteiger partial charge < -0.3 is 39.9 Å². The number of nitrogens with zero attached hydrogens (tertiary/aromatic N) is 6. The third-order valence-corrected chi connectivity index (χ3v) is 22.2. The number of pyridine rings is 1. The van der Waals surface area contributed by atoms with Crippen molar-refractivity contribution >= 4 is 92.6 Å². The molecule has 0 saturated carbocycles. The van der Waals surface area contributed by atoms with Gasteiger partial charge in [0.25, 0.3) is 27.3 Å². The Labute approximate surface area is 607 Å². The first-order chi connectivity index (χ1) is 49.4. The lowest BCUT2D eigenvalue weighted by Gasteiger charge is -2.39. The SMILES string of the molecule is CC1(C)CCC(CN2CCN(c3ccc(C(=O)NS(=O)(=O)c4ccc(NCC5CCOCC5)c([N+](=O)[O-])c4)c(Oc4cnc5[nH]ccc5c4)c3)CC2)=C(c2ccc(Cl)cc2)C1.NCC1CCOCC1.NS(=O)(=O)c1ccc(CCC2CCOCC2)c([N+](=O)[O-])c1.NS(=O)(=O)c1ccc(F)c([N+](=O)[O-])c1. The number of amides is 1. The van der Waals surface area contributed by atoms with E-state index < -0.39 is 77.7 Å². The number of allylic oxidation sites excluding steroid dienone is 1. The summed E-state index contributed by atoms with van der Waals surface area (Å²) in [5, 5.41) is 47.7. The number of hydrogen-bond donors (Lipinski definition) is 6. The summed E-state index contributed by atoms with van der Waals surface area (Å²) in [6, 6.07) is 26.4. The highest BCUT2D eigenvalue weighted by molar-refractivity contribution is 7.90. The number of benzene rings is 5. The number of aromatic amines is 1. The fourth-order valence-corrected chi connectivity index (χ4v) is 14.9. The summed E-state index contributed by atoms with van der Waals surface area (Å²) < 4.78 is 108. The summed E-state index contributed by atoms with van der Waals surface area (Å²) in [6.07, 6.45) is 13.8. The van der Waals surface area contributed by atoms with Gasteiger partial charge in [0.05, 0.1) is 41.2 Å². The number of rotatable bonds is 21. The Morgan fingerprint density at radius 1 is 0.712 bits per heavy atom.